The molecule has 40 heavy (non-hydrogen) atoms. The average molecular weight is 565 g/mol. The predicted octanol–water partition coefficient (Wildman–Crippen LogP) is 3.07. The lowest BCUT2D eigenvalue weighted by Crippen LogP contribution is -2.58. The van der Waals surface area contributed by atoms with Gasteiger partial charge in [-0.25, -0.2) is 4.79 Å². The third-order valence-corrected chi connectivity index (χ3v) is 11.0. The van der Waals surface area contributed by atoms with Crippen LogP contribution >= 0.6 is 0 Å². The molecule has 1 amide bonds. The lowest BCUT2D eigenvalue weighted by Gasteiger charge is -2.47. The lowest BCUT2D eigenvalue weighted by atomic mass is 9.64. The van der Waals surface area contributed by atoms with Crippen molar-refractivity contribution in [1.29, 1.82) is 0 Å². The Morgan fingerprint density at radius 2 is 1.85 bits per heavy atom. The number of hydrogen-bond acceptors (Lipinski definition) is 8. The zero-order chi connectivity index (χ0) is 28.8. The number of amides is 1. The monoisotopic (exact) mass is 564 g/mol. The second kappa shape index (κ2) is 10.5. The van der Waals surface area contributed by atoms with Crippen molar-refractivity contribution in [3.05, 3.63) is 64.4 Å². The first-order valence-electron chi connectivity index (χ1n) is 13.6. The van der Waals surface area contributed by atoms with Crippen LogP contribution in [0.3, 0.4) is 0 Å². The number of fused-ring (bicyclic) bond motifs is 2. The molecule has 3 atom stereocenters. The number of hydrogen-bond donors (Lipinski definition) is 0. The number of carbonyl (C=O) groups excluding carboxylic acids is 4. The molecule has 9 nitrogen and oxygen atoms in total. The summed E-state index contributed by atoms with van der Waals surface area (Å²) in [5.41, 5.74) is 2.79. The highest BCUT2D eigenvalue weighted by atomic mass is 28.3. The average Bonchev–Trinajstić information content (AvgIpc) is 3.45. The summed E-state index contributed by atoms with van der Waals surface area (Å²) in [6.07, 6.45) is 7.18. The molecule has 10 heteroatoms. The third kappa shape index (κ3) is 4.52. The molecule has 3 heterocycles. The van der Waals surface area contributed by atoms with E-state index in [0.29, 0.717) is 0 Å². The number of rotatable bonds is 8. The standard InChI is InChI=1S/C30H36N2O7Si/c1-37-25(33)17-26(34)39-15-12-20(40(3,4)5)18-31-14-13-30-22-8-6-7-9-23(22)32-27(30)19(10-11-24(30)31)16-21(28(32)35)29(36)38-2/h6-10,12,16,24,27H,11,13-15,17-18H2,1-5H3/b20-12-/t24-,27-,30+/m0/s1. The van der Waals surface area contributed by atoms with Crippen LogP contribution in [-0.4, -0.2) is 82.8 Å². The van der Waals surface area contributed by atoms with Crippen LogP contribution < -0.4 is 4.90 Å². The van der Waals surface area contributed by atoms with Gasteiger partial charge in [-0.15, -0.1) is 0 Å². The first kappa shape index (κ1) is 28.0. The van der Waals surface area contributed by atoms with Crippen LogP contribution in [0, 0.1) is 0 Å². The normalized spacial score (nSPS) is 25.4. The molecule has 1 spiro atoms. The van der Waals surface area contributed by atoms with Gasteiger partial charge >= 0.3 is 17.9 Å². The molecule has 1 saturated heterocycles. The van der Waals surface area contributed by atoms with Crippen molar-refractivity contribution in [3.63, 3.8) is 0 Å². The van der Waals surface area contributed by atoms with Crippen molar-refractivity contribution >= 4 is 37.6 Å². The second-order valence-electron chi connectivity index (χ2n) is 11.8. The van der Waals surface area contributed by atoms with Gasteiger partial charge in [0.25, 0.3) is 5.91 Å². The molecule has 1 aromatic rings. The number of benzene rings is 1. The number of methoxy groups -OCH3 is 2. The van der Waals surface area contributed by atoms with Crippen LogP contribution in [0.15, 0.2) is 58.8 Å². The van der Waals surface area contributed by atoms with Crippen molar-refractivity contribution in [3.8, 4) is 0 Å². The summed E-state index contributed by atoms with van der Waals surface area (Å²) in [7, 11) is 0.745. The highest BCUT2D eigenvalue weighted by Crippen LogP contribution is 2.59. The zero-order valence-corrected chi connectivity index (χ0v) is 24.7. The Morgan fingerprint density at radius 3 is 2.55 bits per heavy atom. The van der Waals surface area contributed by atoms with E-state index >= 15 is 0 Å². The van der Waals surface area contributed by atoms with Crippen LogP contribution in [-0.2, 0) is 38.8 Å². The summed E-state index contributed by atoms with van der Waals surface area (Å²) in [4.78, 5) is 53.9. The van der Waals surface area contributed by atoms with Crippen molar-refractivity contribution in [1.82, 2.24) is 4.90 Å². The van der Waals surface area contributed by atoms with Crippen molar-refractivity contribution in [2.45, 2.75) is 56.4 Å². The van der Waals surface area contributed by atoms with Crippen LogP contribution in [0.4, 0.5) is 5.69 Å². The quantitative estimate of drug-likeness (QED) is 0.156. The van der Waals surface area contributed by atoms with Crippen molar-refractivity contribution in [2.24, 2.45) is 0 Å². The van der Waals surface area contributed by atoms with Gasteiger partial charge < -0.3 is 14.2 Å². The molecule has 4 aliphatic rings. The van der Waals surface area contributed by atoms with Gasteiger partial charge in [0.2, 0.25) is 0 Å². The summed E-state index contributed by atoms with van der Waals surface area (Å²) < 4.78 is 14.8. The summed E-state index contributed by atoms with van der Waals surface area (Å²) in [5, 5.41) is 1.26. The second-order valence-corrected chi connectivity index (χ2v) is 16.9. The molecule has 0 N–H and O–H groups in total. The Bertz CT molecular complexity index is 1360. The molecule has 0 unspecified atom stereocenters. The molecular formula is C30H36N2O7Si. The topological polar surface area (TPSA) is 102 Å². The Hall–Kier alpha value is -3.50. The fraction of sp³-hybridized carbons (Fsp3) is 0.467. The minimum Gasteiger partial charge on any atom is -0.469 e. The van der Waals surface area contributed by atoms with Gasteiger partial charge in [-0.2, -0.15) is 0 Å². The van der Waals surface area contributed by atoms with E-state index < -0.39 is 32.4 Å². The van der Waals surface area contributed by atoms with Crippen molar-refractivity contribution in [2.75, 3.05) is 38.8 Å². The van der Waals surface area contributed by atoms with Gasteiger partial charge in [-0.05, 0) is 42.7 Å². The summed E-state index contributed by atoms with van der Waals surface area (Å²) in [5.74, 6) is -2.15. The van der Waals surface area contributed by atoms with E-state index in [1.54, 1.807) is 6.08 Å². The van der Waals surface area contributed by atoms with Gasteiger partial charge in [0, 0.05) is 23.7 Å². The molecule has 0 radical (unpaired) electrons. The maximum Gasteiger partial charge on any atom is 0.343 e. The summed E-state index contributed by atoms with van der Waals surface area (Å²) >= 11 is 0. The Morgan fingerprint density at radius 1 is 1.10 bits per heavy atom. The van der Waals surface area contributed by atoms with E-state index in [1.165, 1.54) is 19.4 Å². The minimum atomic E-state index is -1.79. The number of anilines is 1. The molecule has 1 fully saturated rings. The molecule has 5 rings (SSSR count). The smallest absolute Gasteiger partial charge is 0.343 e. The van der Waals surface area contributed by atoms with E-state index in [2.05, 4.69) is 41.4 Å². The van der Waals surface area contributed by atoms with Crippen LogP contribution in [0.2, 0.25) is 19.6 Å². The lowest BCUT2D eigenvalue weighted by molar-refractivity contribution is -0.152. The number of esters is 3. The number of ether oxygens (including phenoxy) is 3. The fourth-order valence-electron chi connectivity index (χ4n) is 6.84. The van der Waals surface area contributed by atoms with Gasteiger partial charge in [-0.3, -0.25) is 24.2 Å². The molecule has 0 bridgehead atoms. The highest BCUT2D eigenvalue weighted by Gasteiger charge is 2.64. The van der Waals surface area contributed by atoms with E-state index in [1.807, 2.05) is 29.2 Å². The zero-order valence-electron chi connectivity index (χ0n) is 23.7. The molecule has 3 aliphatic heterocycles. The van der Waals surface area contributed by atoms with Crippen LogP contribution in [0.1, 0.15) is 24.8 Å². The van der Waals surface area contributed by atoms with Crippen LogP contribution in [0.5, 0.6) is 0 Å². The van der Waals surface area contributed by atoms with E-state index in [9.17, 15) is 19.2 Å². The van der Waals surface area contributed by atoms with Gasteiger partial charge in [0.1, 0.15) is 18.6 Å². The summed E-state index contributed by atoms with van der Waals surface area (Å²) in [6.45, 7) is 8.52. The molecule has 1 aromatic carbocycles. The Kier molecular flexibility index (Phi) is 7.34. The number of nitrogens with zero attached hydrogens (tertiary/aromatic N) is 2. The van der Waals surface area contributed by atoms with Gasteiger partial charge in [-0.1, -0.05) is 55.2 Å². The van der Waals surface area contributed by atoms with E-state index in [-0.39, 0.29) is 35.6 Å². The maximum absolute atomic E-state index is 13.7. The summed E-state index contributed by atoms with van der Waals surface area (Å²) in [6, 6.07) is 8.07. The molecule has 0 saturated carbocycles. The maximum atomic E-state index is 13.7. The number of carbonyl (C=O) groups is 4. The first-order chi connectivity index (χ1) is 19.0. The Labute approximate surface area is 235 Å². The van der Waals surface area contributed by atoms with Gasteiger partial charge in [0.05, 0.1) is 28.3 Å². The molecular weight excluding hydrogens is 528 g/mol. The Balaban J connectivity index is 1.46. The number of likely N-dealkylation sites (tertiary alicyclic amines) is 1. The van der Waals surface area contributed by atoms with E-state index in [4.69, 9.17) is 9.47 Å². The molecule has 1 aliphatic carbocycles. The molecule has 0 aromatic heterocycles. The largest absolute Gasteiger partial charge is 0.469 e. The third-order valence-electron chi connectivity index (χ3n) is 8.74. The highest BCUT2D eigenvalue weighted by molar-refractivity contribution is 6.83. The van der Waals surface area contributed by atoms with Gasteiger partial charge in [0.15, 0.2) is 0 Å². The minimum absolute atomic E-state index is 0.0656. The molecule has 212 valence electrons. The number of para-hydroxylation sites is 1. The SMILES string of the molecule is COC(=O)CC(=O)OC/C=C(/CN1CC[C@@]23c4ccccc4N4C(=O)C(C(=O)OC)=CC(=CC[C@H]12)[C@H]43)[Si](C)(C)C. The van der Waals surface area contributed by atoms with E-state index in [0.717, 1.165) is 42.8 Å². The fourth-order valence-corrected chi connectivity index (χ4v) is 8.21. The van der Waals surface area contributed by atoms with Crippen LogP contribution in [0.25, 0.3) is 0 Å². The van der Waals surface area contributed by atoms with Crippen molar-refractivity contribution < 1.29 is 33.4 Å². The predicted molar refractivity (Wildman–Crippen MR) is 151 cm³/mol. The first-order valence-corrected chi connectivity index (χ1v) is 17.1.